The molecular weight excluding hydrogens is 212 g/mol. The first-order valence-electron chi connectivity index (χ1n) is 5.33. The second kappa shape index (κ2) is 4.26. The predicted octanol–water partition coefficient (Wildman–Crippen LogP) is 2.53. The number of benzene rings is 1. The van der Waals surface area contributed by atoms with Crippen LogP contribution in [0.2, 0.25) is 0 Å². The minimum absolute atomic E-state index is 0.181. The molecule has 1 heterocycles. The number of H-pyrrole nitrogens is 1. The maximum absolute atomic E-state index is 11.5. The third-order valence-electron chi connectivity index (χ3n) is 2.78. The third-order valence-corrected chi connectivity index (χ3v) is 2.78. The number of rotatable bonds is 1. The van der Waals surface area contributed by atoms with E-state index in [1.807, 2.05) is 31.2 Å². The minimum atomic E-state index is -0.181. The van der Waals surface area contributed by atoms with Gasteiger partial charge in [-0.1, -0.05) is 24.3 Å². The van der Waals surface area contributed by atoms with Crippen LogP contribution < -0.4 is 5.56 Å². The van der Waals surface area contributed by atoms with E-state index in [1.165, 1.54) is 6.07 Å². The van der Waals surface area contributed by atoms with Gasteiger partial charge in [-0.05, 0) is 25.0 Å². The predicted molar refractivity (Wildman–Crippen MR) is 66.7 cm³/mol. The fourth-order valence-electron chi connectivity index (χ4n) is 1.92. The molecule has 2 aromatic rings. The standard InChI is InChI=1S/C14H12N2O/c1-9-5-3-4-6-11(9)12-7-14(17)16-10(2)13(12)8-15/h3-7H,1-2H3,(H,16,17). The quantitative estimate of drug-likeness (QED) is 0.809. The molecule has 3 nitrogen and oxygen atoms in total. The molecule has 0 saturated carbocycles. The van der Waals surface area contributed by atoms with Gasteiger partial charge in [0.05, 0.1) is 5.56 Å². The van der Waals surface area contributed by atoms with Crippen LogP contribution in [0.25, 0.3) is 11.1 Å². The highest BCUT2D eigenvalue weighted by atomic mass is 16.1. The summed E-state index contributed by atoms with van der Waals surface area (Å²) in [5, 5.41) is 9.17. The molecule has 0 amide bonds. The van der Waals surface area contributed by atoms with Crippen molar-refractivity contribution in [3.05, 3.63) is 57.5 Å². The van der Waals surface area contributed by atoms with E-state index in [-0.39, 0.29) is 5.56 Å². The van der Waals surface area contributed by atoms with Gasteiger partial charge in [-0.15, -0.1) is 0 Å². The van der Waals surface area contributed by atoms with Gasteiger partial charge < -0.3 is 4.98 Å². The van der Waals surface area contributed by atoms with Crippen LogP contribution in [0.1, 0.15) is 16.8 Å². The summed E-state index contributed by atoms with van der Waals surface area (Å²) in [6, 6.07) is 11.4. The van der Waals surface area contributed by atoms with Crippen LogP contribution >= 0.6 is 0 Å². The van der Waals surface area contributed by atoms with Gasteiger partial charge in [0.2, 0.25) is 5.56 Å². The lowest BCUT2D eigenvalue weighted by atomic mass is 9.96. The van der Waals surface area contributed by atoms with Gasteiger partial charge in [0, 0.05) is 17.3 Å². The molecule has 0 atom stereocenters. The van der Waals surface area contributed by atoms with Crippen molar-refractivity contribution in [2.45, 2.75) is 13.8 Å². The largest absolute Gasteiger partial charge is 0.325 e. The van der Waals surface area contributed by atoms with Crippen LogP contribution in [0, 0.1) is 25.2 Å². The van der Waals surface area contributed by atoms with Crippen molar-refractivity contribution in [2.75, 3.05) is 0 Å². The molecule has 1 aromatic heterocycles. The fourth-order valence-corrected chi connectivity index (χ4v) is 1.92. The molecule has 0 bridgehead atoms. The van der Waals surface area contributed by atoms with E-state index in [9.17, 15) is 10.1 Å². The summed E-state index contributed by atoms with van der Waals surface area (Å²) in [4.78, 5) is 14.1. The smallest absolute Gasteiger partial charge is 0.248 e. The Kier molecular flexibility index (Phi) is 2.80. The van der Waals surface area contributed by atoms with Crippen LogP contribution in [0.5, 0.6) is 0 Å². The molecule has 0 aliphatic heterocycles. The van der Waals surface area contributed by atoms with Crippen molar-refractivity contribution in [2.24, 2.45) is 0 Å². The average Bonchev–Trinajstić information content (AvgIpc) is 2.28. The SMILES string of the molecule is Cc1ccccc1-c1cc(=O)[nH]c(C)c1C#N. The highest BCUT2D eigenvalue weighted by Gasteiger charge is 2.10. The molecule has 0 radical (unpaired) electrons. The summed E-state index contributed by atoms with van der Waals surface area (Å²) in [6.07, 6.45) is 0. The van der Waals surface area contributed by atoms with Crippen molar-refractivity contribution in [3.63, 3.8) is 0 Å². The Balaban J connectivity index is 2.81. The van der Waals surface area contributed by atoms with E-state index in [0.29, 0.717) is 16.8 Å². The molecule has 0 fully saturated rings. The van der Waals surface area contributed by atoms with Gasteiger partial charge in [-0.3, -0.25) is 4.79 Å². The van der Waals surface area contributed by atoms with Crippen LogP contribution in [0.15, 0.2) is 35.1 Å². The van der Waals surface area contributed by atoms with E-state index in [2.05, 4.69) is 11.1 Å². The van der Waals surface area contributed by atoms with E-state index in [1.54, 1.807) is 6.92 Å². The summed E-state index contributed by atoms with van der Waals surface area (Å²) in [5.41, 5.74) is 3.64. The second-order valence-electron chi connectivity index (χ2n) is 3.97. The number of aryl methyl sites for hydroxylation is 2. The van der Waals surface area contributed by atoms with E-state index >= 15 is 0 Å². The van der Waals surface area contributed by atoms with Crippen LogP contribution in [-0.2, 0) is 0 Å². The van der Waals surface area contributed by atoms with Crippen molar-refractivity contribution in [1.82, 2.24) is 4.98 Å². The fraction of sp³-hybridized carbons (Fsp3) is 0.143. The Bertz CT molecular complexity index is 663. The molecule has 0 saturated heterocycles. The number of nitrogens with one attached hydrogen (secondary N) is 1. The van der Waals surface area contributed by atoms with Gasteiger partial charge in [0.25, 0.3) is 0 Å². The summed E-state index contributed by atoms with van der Waals surface area (Å²) >= 11 is 0. The van der Waals surface area contributed by atoms with Crippen LogP contribution in [0.3, 0.4) is 0 Å². The number of aromatic amines is 1. The minimum Gasteiger partial charge on any atom is -0.325 e. The lowest BCUT2D eigenvalue weighted by Crippen LogP contribution is -2.09. The zero-order valence-electron chi connectivity index (χ0n) is 9.74. The summed E-state index contributed by atoms with van der Waals surface area (Å²) < 4.78 is 0. The monoisotopic (exact) mass is 224 g/mol. The Morgan fingerprint density at radius 3 is 2.53 bits per heavy atom. The molecule has 17 heavy (non-hydrogen) atoms. The molecule has 0 unspecified atom stereocenters. The molecule has 2 rings (SSSR count). The highest BCUT2D eigenvalue weighted by molar-refractivity contribution is 5.73. The average molecular weight is 224 g/mol. The number of hydrogen-bond donors (Lipinski definition) is 1. The zero-order valence-corrected chi connectivity index (χ0v) is 9.74. The van der Waals surface area contributed by atoms with Gasteiger partial charge in [-0.25, -0.2) is 0 Å². The Morgan fingerprint density at radius 1 is 1.18 bits per heavy atom. The Hall–Kier alpha value is -2.34. The Morgan fingerprint density at radius 2 is 1.88 bits per heavy atom. The lowest BCUT2D eigenvalue weighted by Gasteiger charge is -2.08. The van der Waals surface area contributed by atoms with Crippen LogP contribution in [-0.4, -0.2) is 4.98 Å². The van der Waals surface area contributed by atoms with Crippen molar-refractivity contribution < 1.29 is 0 Å². The molecule has 84 valence electrons. The number of pyridine rings is 1. The van der Waals surface area contributed by atoms with Crippen molar-refractivity contribution in [1.29, 1.82) is 5.26 Å². The van der Waals surface area contributed by atoms with Crippen molar-refractivity contribution >= 4 is 0 Å². The molecule has 0 aliphatic rings. The van der Waals surface area contributed by atoms with Crippen LogP contribution in [0.4, 0.5) is 0 Å². The molecular formula is C14H12N2O. The van der Waals surface area contributed by atoms with Crippen molar-refractivity contribution in [3.8, 4) is 17.2 Å². The van der Waals surface area contributed by atoms with Gasteiger partial charge in [0.1, 0.15) is 6.07 Å². The Labute approximate surface area is 99.4 Å². The molecule has 0 spiro atoms. The maximum Gasteiger partial charge on any atom is 0.248 e. The first kappa shape index (κ1) is 11.2. The summed E-state index contributed by atoms with van der Waals surface area (Å²) in [6.45, 7) is 3.70. The number of aromatic nitrogens is 1. The topological polar surface area (TPSA) is 56.6 Å². The number of nitriles is 1. The van der Waals surface area contributed by atoms with E-state index < -0.39 is 0 Å². The number of hydrogen-bond acceptors (Lipinski definition) is 2. The maximum atomic E-state index is 11.5. The van der Waals surface area contributed by atoms with Gasteiger partial charge >= 0.3 is 0 Å². The third kappa shape index (κ3) is 1.98. The van der Waals surface area contributed by atoms with E-state index in [4.69, 9.17) is 0 Å². The normalized spacial score (nSPS) is 9.94. The van der Waals surface area contributed by atoms with E-state index in [0.717, 1.165) is 11.1 Å². The molecule has 0 aliphatic carbocycles. The number of nitrogens with zero attached hydrogens (tertiary/aromatic N) is 1. The van der Waals surface area contributed by atoms with Gasteiger partial charge in [0.15, 0.2) is 0 Å². The van der Waals surface area contributed by atoms with Gasteiger partial charge in [-0.2, -0.15) is 5.26 Å². The summed E-state index contributed by atoms with van der Waals surface area (Å²) in [5.74, 6) is 0. The second-order valence-corrected chi connectivity index (χ2v) is 3.97. The molecule has 1 aromatic carbocycles. The first-order chi connectivity index (χ1) is 8.13. The first-order valence-corrected chi connectivity index (χ1v) is 5.33. The lowest BCUT2D eigenvalue weighted by molar-refractivity contribution is 1.13. The summed E-state index contributed by atoms with van der Waals surface area (Å²) in [7, 11) is 0. The molecule has 1 N–H and O–H groups in total. The highest BCUT2D eigenvalue weighted by Crippen LogP contribution is 2.25. The molecule has 3 heteroatoms. The zero-order chi connectivity index (χ0) is 12.4.